The Morgan fingerprint density at radius 1 is 1.33 bits per heavy atom. The van der Waals surface area contributed by atoms with E-state index < -0.39 is 0 Å². The van der Waals surface area contributed by atoms with Crippen molar-refractivity contribution in [2.45, 2.75) is 46.5 Å². The molecule has 0 aromatic heterocycles. The van der Waals surface area contributed by atoms with Gasteiger partial charge in [-0.3, -0.25) is 4.79 Å². The average Bonchev–Trinajstić information content (AvgIpc) is 1.76. The molecule has 0 aromatic rings. The summed E-state index contributed by atoms with van der Waals surface area (Å²) in [5.41, 5.74) is 0.507. The molecule has 0 N–H and O–H groups in total. The smallest absolute Gasteiger partial charge is 0.139 e. The molecule has 2 saturated carbocycles. The lowest BCUT2D eigenvalue weighted by Gasteiger charge is -2.58. The van der Waals surface area contributed by atoms with Gasteiger partial charge in [-0.1, -0.05) is 27.2 Å². The molecule has 0 amide bonds. The van der Waals surface area contributed by atoms with Gasteiger partial charge in [-0.25, -0.2) is 0 Å². The third-order valence-electron chi connectivity index (χ3n) is 3.90. The first-order valence-electron chi connectivity index (χ1n) is 5.00. The van der Waals surface area contributed by atoms with Gasteiger partial charge < -0.3 is 0 Å². The van der Waals surface area contributed by atoms with Crippen molar-refractivity contribution in [3.05, 3.63) is 0 Å². The monoisotopic (exact) mass is 166 g/mol. The molecule has 0 radical (unpaired) electrons. The lowest BCUT2D eigenvalue weighted by atomic mass is 9.44. The van der Waals surface area contributed by atoms with Gasteiger partial charge in [0, 0.05) is 11.8 Å². The van der Waals surface area contributed by atoms with Crippen LogP contribution in [0.5, 0.6) is 0 Å². The molecule has 0 heterocycles. The van der Waals surface area contributed by atoms with E-state index in [9.17, 15) is 4.79 Å². The van der Waals surface area contributed by atoms with Crippen LogP contribution in [0, 0.1) is 16.7 Å². The third kappa shape index (κ3) is 0.826. The van der Waals surface area contributed by atoms with Gasteiger partial charge in [0.15, 0.2) is 0 Å². The molecule has 0 aliphatic heterocycles. The number of carbonyl (C=O) groups excluding carboxylic acids is 1. The van der Waals surface area contributed by atoms with Crippen LogP contribution in [0.25, 0.3) is 0 Å². The minimum absolute atomic E-state index is 0.165. The molecule has 1 heteroatoms. The highest BCUT2D eigenvalue weighted by Crippen LogP contribution is 2.62. The molecule has 1 atom stereocenters. The maximum absolute atomic E-state index is 11.5. The van der Waals surface area contributed by atoms with Crippen molar-refractivity contribution in [3.8, 4) is 0 Å². The highest BCUT2D eigenvalue weighted by molar-refractivity contribution is 5.92. The summed E-state index contributed by atoms with van der Waals surface area (Å²) >= 11 is 0. The van der Waals surface area contributed by atoms with E-state index in [2.05, 4.69) is 20.8 Å². The second-order valence-corrected chi connectivity index (χ2v) is 5.56. The van der Waals surface area contributed by atoms with Crippen molar-refractivity contribution in [1.29, 1.82) is 0 Å². The van der Waals surface area contributed by atoms with Gasteiger partial charge in [0.25, 0.3) is 0 Å². The van der Waals surface area contributed by atoms with Gasteiger partial charge in [-0.15, -0.1) is 0 Å². The first-order valence-corrected chi connectivity index (χ1v) is 5.00. The SMILES string of the molecule is CC(C)(C)C1CC(=O)C12CCC2. The maximum Gasteiger partial charge on any atom is 0.139 e. The quantitative estimate of drug-likeness (QED) is 0.541. The third-order valence-corrected chi connectivity index (χ3v) is 3.90. The van der Waals surface area contributed by atoms with Crippen LogP contribution >= 0.6 is 0 Å². The molecule has 2 aliphatic carbocycles. The molecular weight excluding hydrogens is 148 g/mol. The predicted molar refractivity (Wildman–Crippen MR) is 48.9 cm³/mol. The number of Topliss-reactive ketones (excluding diaryl/α,β-unsaturated/α-hetero) is 1. The van der Waals surface area contributed by atoms with Gasteiger partial charge in [-0.05, 0) is 24.2 Å². The second-order valence-electron chi connectivity index (χ2n) is 5.56. The number of carbonyl (C=O) groups is 1. The Bertz CT molecular complexity index is 218. The number of ketones is 1. The molecule has 2 rings (SSSR count). The van der Waals surface area contributed by atoms with Crippen LogP contribution < -0.4 is 0 Å². The summed E-state index contributed by atoms with van der Waals surface area (Å²) in [6.45, 7) is 6.80. The van der Waals surface area contributed by atoms with Crippen molar-refractivity contribution in [1.82, 2.24) is 0 Å². The van der Waals surface area contributed by atoms with E-state index >= 15 is 0 Å². The van der Waals surface area contributed by atoms with Crippen molar-refractivity contribution in [3.63, 3.8) is 0 Å². The minimum atomic E-state index is 0.165. The van der Waals surface area contributed by atoms with Gasteiger partial charge in [0.1, 0.15) is 5.78 Å². The highest BCUT2D eigenvalue weighted by Gasteiger charge is 2.60. The number of hydrogen-bond acceptors (Lipinski definition) is 1. The normalized spacial score (nSPS) is 32.9. The molecule has 0 aromatic carbocycles. The first-order chi connectivity index (χ1) is 5.47. The maximum atomic E-state index is 11.5. The largest absolute Gasteiger partial charge is 0.299 e. The second kappa shape index (κ2) is 2.12. The lowest BCUT2D eigenvalue weighted by Crippen LogP contribution is -2.58. The molecule has 1 unspecified atom stereocenters. The van der Waals surface area contributed by atoms with E-state index in [1.54, 1.807) is 0 Å². The van der Waals surface area contributed by atoms with Gasteiger partial charge in [-0.2, -0.15) is 0 Å². The highest BCUT2D eigenvalue weighted by atomic mass is 16.1. The zero-order valence-electron chi connectivity index (χ0n) is 8.31. The van der Waals surface area contributed by atoms with E-state index in [0.717, 1.165) is 6.42 Å². The summed E-state index contributed by atoms with van der Waals surface area (Å²) in [7, 11) is 0. The van der Waals surface area contributed by atoms with Crippen molar-refractivity contribution >= 4 is 5.78 Å². The molecule has 68 valence electrons. The predicted octanol–water partition coefficient (Wildman–Crippen LogP) is 2.79. The fourth-order valence-electron chi connectivity index (χ4n) is 2.97. The average molecular weight is 166 g/mol. The zero-order valence-corrected chi connectivity index (χ0v) is 8.31. The van der Waals surface area contributed by atoms with Crippen LogP contribution in [0.15, 0.2) is 0 Å². The molecule has 0 bridgehead atoms. The topological polar surface area (TPSA) is 17.1 Å². The Balaban J connectivity index is 2.16. The summed E-state index contributed by atoms with van der Waals surface area (Å²) in [6, 6.07) is 0. The zero-order chi connectivity index (χ0) is 8.98. The van der Waals surface area contributed by atoms with Crippen LogP contribution in [0.2, 0.25) is 0 Å². The van der Waals surface area contributed by atoms with Crippen molar-refractivity contribution in [2.75, 3.05) is 0 Å². The van der Waals surface area contributed by atoms with Crippen LogP contribution in [-0.2, 0) is 4.79 Å². The molecular formula is C11H18O. The lowest BCUT2D eigenvalue weighted by molar-refractivity contribution is -0.166. The Hall–Kier alpha value is -0.330. The summed E-state index contributed by atoms with van der Waals surface area (Å²) in [5, 5.41) is 0. The van der Waals surface area contributed by atoms with E-state index in [1.165, 1.54) is 19.3 Å². The Morgan fingerprint density at radius 2 is 1.92 bits per heavy atom. The van der Waals surface area contributed by atoms with Crippen LogP contribution in [0.4, 0.5) is 0 Å². The van der Waals surface area contributed by atoms with Crippen LogP contribution in [0.1, 0.15) is 46.5 Å². The number of hydrogen-bond donors (Lipinski definition) is 0. The molecule has 12 heavy (non-hydrogen) atoms. The standard InChI is InChI=1S/C11H18O/c1-10(2,3)8-7-9(12)11(8)5-4-6-11/h8H,4-7H2,1-3H3. The van der Waals surface area contributed by atoms with Crippen LogP contribution in [-0.4, -0.2) is 5.78 Å². The summed E-state index contributed by atoms with van der Waals surface area (Å²) in [6.07, 6.45) is 4.48. The van der Waals surface area contributed by atoms with Gasteiger partial charge in [0.05, 0.1) is 0 Å². The van der Waals surface area contributed by atoms with E-state index in [4.69, 9.17) is 0 Å². The summed E-state index contributed by atoms with van der Waals surface area (Å²) in [4.78, 5) is 11.5. The van der Waals surface area contributed by atoms with E-state index in [0.29, 0.717) is 17.1 Å². The Labute approximate surface area is 74.5 Å². The van der Waals surface area contributed by atoms with E-state index in [-0.39, 0.29) is 5.41 Å². The summed E-state index contributed by atoms with van der Waals surface area (Å²) < 4.78 is 0. The van der Waals surface area contributed by atoms with Crippen molar-refractivity contribution < 1.29 is 4.79 Å². The van der Waals surface area contributed by atoms with Gasteiger partial charge >= 0.3 is 0 Å². The molecule has 1 spiro atoms. The molecule has 0 saturated heterocycles. The molecule has 2 fully saturated rings. The molecule has 2 aliphatic rings. The minimum Gasteiger partial charge on any atom is -0.299 e. The van der Waals surface area contributed by atoms with Crippen molar-refractivity contribution in [2.24, 2.45) is 16.7 Å². The first kappa shape index (κ1) is 8.28. The Morgan fingerprint density at radius 3 is 2.08 bits per heavy atom. The van der Waals surface area contributed by atoms with Crippen LogP contribution in [0.3, 0.4) is 0 Å². The fourth-order valence-corrected chi connectivity index (χ4v) is 2.97. The van der Waals surface area contributed by atoms with E-state index in [1.807, 2.05) is 0 Å². The number of rotatable bonds is 0. The summed E-state index contributed by atoms with van der Waals surface area (Å²) in [5.74, 6) is 1.22. The van der Waals surface area contributed by atoms with Gasteiger partial charge in [0.2, 0.25) is 0 Å². The Kier molecular flexibility index (Phi) is 1.47. The molecule has 1 nitrogen and oxygen atoms in total. The fraction of sp³-hybridized carbons (Fsp3) is 0.909.